The van der Waals surface area contributed by atoms with Crippen molar-refractivity contribution in [3.63, 3.8) is 0 Å². The predicted molar refractivity (Wildman–Crippen MR) is 28.9 cm³/mol. The fraction of sp³-hybridized carbons (Fsp3) is 0. The Morgan fingerprint density at radius 2 is 0.231 bits per heavy atom. The van der Waals surface area contributed by atoms with Crippen LogP contribution in [0.2, 0.25) is 0 Å². The van der Waals surface area contributed by atoms with E-state index in [-0.39, 0.29) is 119 Å². The summed E-state index contributed by atoms with van der Waals surface area (Å²) >= 11 is 0. The van der Waals surface area contributed by atoms with Crippen molar-refractivity contribution in [2.24, 2.45) is 0 Å². The smallest absolute Gasteiger partial charge is 1.00 e. The van der Waals surface area contributed by atoms with Crippen LogP contribution >= 0.6 is 0 Å². The summed E-state index contributed by atoms with van der Waals surface area (Å²) in [5, 5.41) is 0. The quantitative estimate of drug-likeness (QED) is 0.303. The van der Waals surface area contributed by atoms with Crippen LogP contribution in [0.15, 0.2) is 0 Å². The Hall–Kier alpha value is 1.71. The third-order valence-electron chi connectivity index (χ3n) is 0. The molecule has 13 heteroatoms. The maximum atomic E-state index is 0. The molecule has 0 aromatic carbocycles. The minimum atomic E-state index is 0. The van der Waals surface area contributed by atoms with E-state index in [0.29, 0.717) is 0 Å². The van der Waals surface area contributed by atoms with Crippen molar-refractivity contribution < 1.29 is 119 Å². The van der Waals surface area contributed by atoms with Gasteiger partial charge in [0.2, 0.25) is 0 Å². The van der Waals surface area contributed by atoms with E-state index >= 15 is 0 Å². The maximum Gasteiger partial charge on any atom is 4.00 e. The van der Waals surface area contributed by atoms with Crippen LogP contribution in [0.4, 0.5) is 0 Å². The molecule has 0 aliphatic carbocycles. The molecule has 8 nitrogen and oxygen atoms in total. The molecule has 0 aliphatic rings. The zero-order valence-electron chi connectivity index (χ0n) is 6.01. The molecule has 16 N–H and O–H groups in total. The summed E-state index contributed by atoms with van der Waals surface area (Å²) in [5.74, 6) is 0. The Bertz CT molecular complexity index is 16.1. The Morgan fingerprint density at radius 1 is 0.231 bits per heavy atom. The second-order valence-electron chi connectivity index (χ2n) is 0. The van der Waals surface area contributed by atoms with E-state index in [4.69, 9.17) is 0 Å². The van der Waals surface area contributed by atoms with Gasteiger partial charge in [-0.05, 0) is 0 Å². The Balaban J connectivity index is 0. The van der Waals surface area contributed by atoms with Gasteiger partial charge < -0.3 is 93.4 Å². The second-order valence-corrected chi connectivity index (χ2v) is 0. The van der Waals surface area contributed by atoms with Gasteiger partial charge in [0, 0.05) is 0 Å². The molecule has 0 saturated carbocycles. The van der Waals surface area contributed by atoms with E-state index in [2.05, 4.69) is 0 Å². The largest absolute Gasteiger partial charge is 4.00 e. The molecule has 0 saturated heterocycles. The van der Waals surface area contributed by atoms with Crippen LogP contribution in [0.3, 0.4) is 0 Å². The normalized spacial score (nSPS) is 0. The van der Waals surface area contributed by atoms with Gasteiger partial charge in [-0.15, -0.1) is 0 Å². The third kappa shape index (κ3) is 643. The van der Waals surface area contributed by atoms with Gasteiger partial charge in [-0.1, -0.05) is 0 Å². The Morgan fingerprint density at radius 3 is 0.231 bits per heavy atom. The SMILES string of the molecule is O.O.O.O.O.O.O.O.[Cl-].[Cl-].[Cl-].[Cl-].[Hf+4]. The van der Waals surface area contributed by atoms with E-state index in [0.717, 1.165) is 0 Å². The van der Waals surface area contributed by atoms with Crippen molar-refractivity contribution in [3.8, 4) is 0 Å². The van der Waals surface area contributed by atoms with Crippen LogP contribution in [-0.2, 0) is 25.8 Å². The molecule has 0 rings (SSSR count). The van der Waals surface area contributed by atoms with Crippen LogP contribution in [-0.4, -0.2) is 43.8 Å². The third-order valence-corrected chi connectivity index (χ3v) is 0. The van der Waals surface area contributed by atoms with E-state index in [9.17, 15) is 0 Å². The molecule has 0 aromatic rings. The summed E-state index contributed by atoms with van der Waals surface area (Å²) < 4.78 is 0. The Labute approximate surface area is 119 Å². The molecule has 0 amide bonds. The van der Waals surface area contributed by atoms with Gasteiger partial charge in [-0.25, -0.2) is 0 Å². The van der Waals surface area contributed by atoms with Crippen LogP contribution in [0, 0.1) is 0 Å². The average molecular weight is 464 g/mol. The number of rotatable bonds is 0. The van der Waals surface area contributed by atoms with Crippen molar-refractivity contribution in [3.05, 3.63) is 0 Å². The minimum Gasteiger partial charge on any atom is -1.00 e. The van der Waals surface area contributed by atoms with Crippen LogP contribution in [0.25, 0.3) is 0 Å². The molecule has 0 spiro atoms. The summed E-state index contributed by atoms with van der Waals surface area (Å²) in [6.07, 6.45) is 0. The molecule has 0 aromatic heterocycles. The van der Waals surface area contributed by atoms with E-state index in [1.807, 2.05) is 0 Å². The van der Waals surface area contributed by atoms with E-state index in [1.54, 1.807) is 0 Å². The fourth-order valence-corrected chi connectivity index (χ4v) is 0. The first-order valence-electron chi connectivity index (χ1n) is 0. The summed E-state index contributed by atoms with van der Waals surface area (Å²) in [6.45, 7) is 0. The molecular formula is H16Cl4HfO8. The molecule has 0 heterocycles. The number of halogens is 4. The summed E-state index contributed by atoms with van der Waals surface area (Å²) in [6, 6.07) is 0. The molecule has 96 valence electrons. The van der Waals surface area contributed by atoms with Crippen molar-refractivity contribution in [2.75, 3.05) is 0 Å². The maximum absolute atomic E-state index is 0. The van der Waals surface area contributed by atoms with Crippen LogP contribution < -0.4 is 49.6 Å². The van der Waals surface area contributed by atoms with Crippen molar-refractivity contribution >= 4 is 0 Å². The zero-order chi connectivity index (χ0) is 0. The van der Waals surface area contributed by atoms with Gasteiger partial charge in [0.05, 0.1) is 0 Å². The van der Waals surface area contributed by atoms with Gasteiger partial charge in [-0.3, -0.25) is 0 Å². The molecule has 0 radical (unpaired) electrons. The summed E-state index contributed by atoms with van der Waals surface area (Å²) in [5.41, 5.74) is 0. The molecule has 0 fully saturated rings. The molecule has 0 aliphatic heterocycles. The van der Waals surface area contributed by atoms with Gasteiger partial charge in [0.25, 0.3) is 0 Å². The molecule has 0 atom stereocenters. The second kappa shape index (κ2) is 757. The van der Waals surface area contributed by atoms with Crippen molar-refractivity contribution in [1.29, 1.82) is 0 Å². The molecule has 13 heavy (non-hydrogen) atoms. The topological polar surface area (TPSA) is 252 Å². The summed E-state index contributed by atoms with van der Waals surface area (Å²) in [4.78, 5) is 0. The van der Waals surface area contributed by atoms with Crippen molar-refractivity contribution in [2.45, 2.75) is 0 Å². The number of hydrogen-bond donors (Lipinski definition) is 0. The van der Waals surface area contributed by atoms with Gasteiger partial charge in [0.15, 0.2) is 0 Å². The first-order chi connectivity index (χ1) is 0. The molecular weight excluding hydrogens is 448 g/mol. The van der Waals surface area contributed by atoms with Gasteiger partial charge >= 0.3 is 25.8 Å². The molecule has 0 unspecified atom stereocenters. The van der Waals surface area contributed by atoms with Crippen LogP contribution in [0.5, 0.6) is 0 Å². The van der Waals surface area contributed by atoms with Gasteiger partial charge in [0.1, 0.15) is 0 Å². The van der Waals surface area contributed by atoms with Crippen LogP contribution in [0.1, 0.15) is 0 Å². The number of hydrogen-bond acceptors (Lipinski definition) is 0. The zero-order valence-corrected chi connectivity index (χ0v) is 12.6. The summed E-state index contributed by atoms with van der Waals surface area (Å²) in [7, 11) is 0. The standard InChI is InChI=1S/4ClH.Hf.8H2O/h4*1H;;8*1H2/q;;;;+4;;;;;;;;/p-4. The van der Waals surface area contributed by atoms with E-state index < -0.39 is 0 Å². The molecule has 0 bridgehead atoms. The first kappa shape index (κ1) is 945. The predicted octanol–water partition coefficient (Wildman–Crippen LogP) is -18.6. The van der Waals surface area contributed by atoms with Crippen molar-refractivity contribution in [1.82, 2.24) is 0 Å². The monoisotopic (exact) mass is 464 g/mol. The fourth-order valence-electron chi connectivity index (χ4n) is 0. The first-order valence-corrected chi connectivity index (χ1v) is 0. The minimum absolute atomic E-state index is 0. The van der Waals surface area contributed by atoms with Gasteiger partial charge in [-0.2, -0.15) is 0 Å². The van der Waals surface area contributed by atoms with E-state index in [1.165, 1.54) is 0 Å². The average Bonchev–Trinajstić information content (AvgIpc) is 0. The Kier molecular flexibility index (Phi) is 55100.